The highest BCUT2D eigenvalue weighted by atomic mass is 31.1. The van der Waals surface area contributed by atoms with E-state index in [-0.39, 0.29) is 0 Å². The Labute approximate surface area is 264 Å². The zero-order chi connectivity index (χ0) is 31.5. The molecule has 1 aliphatic heterocycles. The Hall–Kier alpha value is -4.73. The predicted molar refractivity (Wildman–Crippen MR) is 189 cm³/mol. The first kappa shape index (κ1) is 30.3. The van der Waals surface area contributed by atoms with Crippen LogP contribution in [0.1, 0.15) is 5.56 Å². The summed E-state index contributed by atoms with van der Waals surface area (Å²) >= 11 is 0. The van der Waals surface area contributed by atoms with Gasteiger partial charge in [-0.1, -0.05) is 20.1 Å². The summed E-state index contributed by atoms with van der Waals surface area (Å²) in [5.74, 6) is 1.76. The van der Waals surface area contributed by atoms with Crippen molar-refractivity contribution >= 4 is 75.8 Å². The molecular formula is C33H39N10OP. The number of pyridine rings is 1. The molecule has 5 aromatic rings. The fourth-order valence-electron chi connectivity index (χ4n) is 5.75. The third-order valence-electron chi connectivity index (χ3n) is 8.04. The molecule has 45 heavy (non-hydrogen) atoms. The van der Waals surface area contributed by atoms with Crippen LogP contribution in [0.5, 0.6) is 5.75 Å². The van der Waals surface area contributed by atoms with Gasteiger partial charge in [0.05, 0.1) is 23.7 Å². The number of hydrogen-bond donors (Lipinski definition) is 5. The highest BCUT2D eigenvalue weighted by molar-refractivity contribution is 7.65. The number of rotatable bonds is 10. The van der Waals surface area contributed by atoms with Gasteiger partial charge in [-0.2, -0.15) is 9.97 Å². The lowest BCUT2D eigenvalue weighted by molar-refractivity contribution is 0.312. The van der Waals surface area contributed by atoms with E-state index < -0.39 is 7.92 Å². The molecule has 0 bridgehead atoms. The van der Waals surface area contributed by atoms with E-state index in [1.54, 1.807) is 7.11 Å². The van der Waals surface area contributed by atoms with Crippen molar-refractivity contribution in [1.29, 1.82) is 5.41 Å². The molecule has 0 spiro atoms. The summed E-state index contributed by atoms with van der Waals surface area (Å²) in [5.41, 5.74) is 6.08. The van der Waals surface area contributed by atoms with Crippen molar-refractivity contribution in [1.82, 2.24) is 30.2 Å². The number of nitrogens with one attached hydrogen (secondary N) is 5. The minimum atomic E-state index is -0.468. The minimum absolute atomic E-state index is 0.411. The molecule has 3 aromatic heterocycles. The molecule has 5 N–H and O–H groups in total. The number of H-pyrrole nitrogens is 1. The van der Waals surface area contributed by atoms with E-state index in [2.05, 4.69) is 69.3 Å². The van der Waals surface area contributed by atoms with Crippen LogP contribution in [0.15, 0.2) is 61.1 Å². The van der Waals surface area contributed by atoms with Crippen LogP contribution in [-0.2, 0) is 0 Å². The van der Waals surface area contributed by atoms with Gasteiger partial charge in [-0.15, -0.1) is 0 Å². The van der Waals surface area contributed by atoms with Crippen molar-refractivity contribution in [3.05, 3.63) is 66.6 Å². The lowest BCUT2D eigenvalue weighted by Gasteiger charge is -2.35. The van der Waals surface area contributed by atoms with Crippen LogP contribution in [0.3, 0.4) is 0 Å². The molecule has 0 unspecified atom stereocenters. The van der Waals surface area contributed by atoms with E-state index in [0.717, 1.165) is 65.0 Å². The fourth-order valence-corrected chi connectivity index (χ4v) is 6.97. The molecule has 11 nitrogen and oxygen atoms in total. The summed E-state index contributed by atoms with van der Waals surface area (Å²) in [6.07, 6.45) is 6.93. The zero-order valence-corrected chi connectivity index (χ0v) is 27.2. The highest BCUT2D eigenvalue weighted by Crippen LogP contribution is 2.39. The number of methoxy groups -OCH3 is 1. The lowest BCUT2D eigenvalue weighted by atomic mass is 10.0. The van der Waals surface area contributed by atoms with Crippen molar-refractivity contribution in [2.24, 2.45) is 0 Å². The zero-order valence-electron chi connectivity index (χ0n) is 26.3. The van der Waals surface area contributed by atoms with E-state index in [9.17, 15) is 0 Å². The Morgan fingerprint density at radius 2 is 1.87 bits per heavy atom. The number of nitrogens with zero attached hydrogens (tertiary/aromatic N) is 5. The van der Waals surface area contributed by atoms with E-state index in [1.165, 1.54) is 11.5 Å². The number of anilines is 5. The number of aromatic nitrogens is 4. The molecule has 232 valence electrons. The monoisotopic (exact) mass is 622 g/mol. The molecule has 0 atom stereocenters. The molecular weight excluding hydrogens is 583 g/mol. The molecule has 12 heteroatoms. The summed E-state index contributed by atoms with van der Waals surface area (Å²) in [7, 11) is 5.18. The summed E-state index contributed by atoms with van der Waals surface area (Å²) in [6.45, 7) is 8.17. The van der Waals surface area contributed by atoms with Gasteiger partial charge in [-0.3, -0.25) is 4.98 Å². The first-order valence-electron chi connectivity index (χ1n) is 14.9. The van der Waals surface area contributed by atoms with Gasteiger partial charge in [-0.05, 0) is 44.6 Å². The Morgan fingerprint density at radius 3 is 2.60 bits per heavy atom. The number of ether oxygens (including phenoxy) is 1. The van der Waals surface area contributed by atoms with Crippen molar-refractivity contribution < 1.29 is 4.74 Å². The standard InChI is InChI=1S/C33H39N10OP/c1-35-20-22(19-34)24-17-26(28(44-3)18-27(24)43-15-13-42(2)14-16-43)39-33-40-31-23(10-12-37-31)32(41-33)38-25-9-8-21-7-6-11-36-29(21)30(25)45(4)5/h6-12,17-20,34-35H,13-16H2,1-5H3,(H3,37,38,39,40,41)/b22-20+,34-19?. The Morgan fingerprint density at radius 1 is 1.04 bits per heavy atom. The second kappa shape index (κ2) is 13.1. The SMILES string of the molecule is CN/C=C(\C=N)c1cc(Nc2nc(Nc3ccc4cccnc4c3P(C)C)c3cc[nH]c3n2)c(OC)cc1N1CCN(C)CC1. The number of allylic oxidation sites excluding steroid dienone is 1. The second-order valence-corrected chi connectivity index (χ2v) is 13.4. The van der Waals surface area contributed by atoms with Gasteiger partial charge in [0.15, 0.2) is 0 Å². The maximum atomic E-state index is 8.19. The summed E-state index contributed by atoms with van der Waals surface area (Å²) < 4.78 is 5.90. The largest absolute Gasteiger partial charge is 0.494 e. The first-order chi connectivity index (χ1) is 21.9. The van der Waals surface area contributed by atoms with Gasteiger partial charge in [0, 0.05) is 97.3 Å². The van der Waals surface area contributed by atoms with Crippen LogP contribution < -0.4 is 30.9 Å². The smallest absolute Gasteiger partial charge is 0.231 e. The fraction of sp³-hybridized carbons (Fsp3) is 0.273. The van der Waals surface area contributed by atoms with Crippen LogP contribution in [0.2, 0.25) is 0 Å². The number of fused-ring (bicyclic) bond motifs is 2. The average molecular weight is 623 g/mol. The van der Waals surface area contributed by atoms with Crippen LogP contribution in [0, 0.1) is 5.41 Å². The van der Waals surface area contributed by atoms with Crippen molar-refractivity contribution in [2.75, 3.05) is 76.2 Å². The quantitative estimate of drug-likeness (QED) is 0.104. The minimum Gasteiger partial charge on any atom is -0.494 e. The van der Waals surface area contributed by atoms with Gasteiger partial charge >= 0.3 is 0 Å². The molecule has 2 aromatic carbocycles. The topological polar surface area (TPSA) is 130 Å². The number of hydrogen-bond acceptors (Lipinski definition) is 10. The van der Waals surface area contributed by atoms with Crippen molar-refractivity contribution in [3.8, 4) is 5.75 Å². The van der Waals surface area contributed by atoms with Gasteiger partial charge in [0.1, 0.15) is 17.2 Å². The molecule has 1 saturated heterocycles. The maximum Gasteiger partial charge on any atom is 0.231 e. The van der Waals surface area contributed by atoms with Crippen LogP contribution in [0.4, 0.5) is 28.8 Å². The maximum absolute atomic E-state index is 8.19. The lowest BCUT2D eigenvalue weighted by Crippen LogP contribution is -2.44. The van der Waals surface area contributed by atoms with Gasteiger partial charge in [-0.25, -0.2) is 0 Å². The highest BCUT2D eigenvalue weighted by Gasteiger charge is 2.22. The molecule has 1 aliphatic rings. The third kappa shape index (κ3) is 6.14. The number of piperazine rings is 1. The molecule has 0 saturated carbocycles. The Balaban J connectivity index is 1.42. The predicted octanol–water partition coefficient (Wildman–Crippen LogP) is 5.33. The second-order valence-electron chi connectivity index (χ2n) is 11.2. The summed E-state index contributed by atoms with van der Waals surface area (Å²) in [6, 6.07) is 14.3. The molecule has 6 rings (SSSR count). The van der Waals surface area contributed by atoms with E-state index >= 15 is 0 Å². The van der Waals surface area contributed by atoms with Crippen molar-refractivity contribution in [2.45, 2.75) is 0 Å². The van der Waals surface area contributed by atoms with Crippen molar-refractivity contribution in [3.63, 3.8) is 0 Å². The number of aromatic amines is 1. The average Bonchev–Trinajstić information content (AvgIpc) is 3.53. The number of likely N-dealkylation sites (N-methyl/N-ethyl adjacent to an activating group) is 1. The Bertz CT molecular complexity index is 1880. The van der Waals surface area contributed by atoms with Crippen LogP contribution in [0.25, 0.3) is 27.5 Å². The molecule has 1 fully saturated rings. The normalized spacial score (nSPS) is 14.3. The molecule has 0 amide bonds. The first-order valence-corrected chi connectivity index (χ1v) is 17.1. The molecule has 4 heterocycles. The number of benzene rings is 2. The van der Waals surface area contributed by atoms with E-state index in [1.807, 2.05) is 49.9 Å². The van der Waals surface area contributed by atoms with Gasteiger partial charge < -0.3 is 40.9 Å². The molecule has 0 aliphatic carbocycles. The summed E-state index contributed by atoms with van der Waals surface area (Å²) in [4.78, 5) is 22.4. The van der Waals surface area contributed by atoms with Gasteiger partial charge in [0.25, 0.3) is 0 Å². The summed E-state index contributed by atoms with van der Waals surface area (Å²) in [5, 5.41) is 21.5. The molecule has 0 radical (unpaired) electrons. The van der Waals surface area contributed by atoms with E-state index in [4.69, 9.17) is 25.1 Å². The van der Waals surface area contributed by atoms with Crippen LogP contribution in [-0.4, -0.2) is 91.8 Å². The Kier molecular flexibility index (Phi) is 8.82. The third-order valence-corrected chi connectivity index (χ3v) is 9.39. The van der Waals surface area contributed by atoms with E-state index in [0.29, 0.717) is 28.9 Å². The van der Waals surface area contributed by atoms with Gasteiger partial charge in [0.2, 0.25) is 5.95 Å². The van der Waals surface area contributed by atoms with Crippen LogP contribution >= 0.6 is 7.92 Å².